The molecular formula is C18H19N5O6. The van der Waals surface area contributed by atoms with Crippen molar-refractivity contribution in [2.24, 2.45) is 0 Å². The number of aromatic nitrogens is 5. The number of esters is 1. The van der Waals surface area contributed by atoms with E-state index in [9.17, 15) is 14.4 Å². The first kappa shape index (κ1) is 20.0. The molecule has 0 aliphatic heterocycles. The molecule has 11 heteroatoms. The smallest absolute Gasteiger partial charge is 0.337 e. The number of ketones is 1. The van der Waals surface area contributed by atoms with Gasteiger partial charge in [0.1, 0.15) is 6.33 Å². The number of benzene rings is 1. The minimum absolute atomic E-state index is 0.0719. The maximum Gasteiger partial charge on any atom is 0.337 e. The van der Waals surface area contributed by atoms with Gasteiger partial charge >= 0.3 is 5.97 Å². The van der Waals surface area contributed by atoms with Crippen LogP contribution in [-0.2, 0) is 14.3 Å². The Balaban J connectivity index is 2.12. The van der Waals surface area contributed by atoms with Crippen molar-refractivity contribution in [3.63, 3.8) is 0 Å². The molecule has 0 aliphatic carbocycles. The Hall–Kier alpha value is -3.76. The van der Waals surface area contributed by atoms with E-state index in [1.807, 2.05) is 0 Å². The molecule has 1 unspecified atom stereocenters. The van der Waals surface area contributed by atoms with Crippen molar-refractivity contribution in [1.29, 1.82) is 0 Å². The van der Waals surface area contributed by atoms with Crippen molar-refractivity contribution in [2.75, 3.05) is 20.8 Å². The lowest BCUT2D eigenvalue weighted by Gasteiger charge is -2.14. The van der Waals surface area contributed by atoms with E-state index in [1.54, 1.807) is 25.1 Å². The number of hydrogen-bond acceptors (Lipinski definition) is 9. The highest BCUT2D eigenvalue weighted by atomic mass is 16.5. The van der Waals surface area contributed by atoms with Gasteiger partial charge in [-0.1, -0.05) is 5.21 Å². The van der Waals surface area contributed by atoms with Crippen LogP contribution in [0.15, 0.2) is 29.3 Å². The lowest BCUT2D eigenvalue weighted by Crippen LogP contribution is -2.35. The van der Waals surface area contributed by atoms with Gasteiger partial charge in [0.25, 0.3) is 5.56 Å². The predicted molar refractivity (Wildman–Crippen MR) is 100 cm³/mol. The van der Waals surface area contributed by atoms with E-state index >= 15 is 0 Å². The Labute approximate surface area is 164 Å². The zero-order valence-electron chi connectivity index (χ0n) is 16.3. The van der Waals surface area contributed by atoms with Crippen LogP contribution in [-0.4, -0.2) is 57.1 Å². The molecule has 2 aromatic heterocycles. The number of nitrogens with zero attached hydrogens (tertiary/aromatic N) is 5. The summed E-state index contributed by atoms with van der Waals surface area (Å²) in [5, 5.41) is 7.86. The van der Waals surface area contributed by atoms with E-state index in [2.05, 4.69) is 15.3 Å². The molecule has 0 spiro atoms. The first-order valence-electron chi connectivity index (χ1n) is 8.65. The normalized spacial score (nSPS) is 11.9. The molecule has 2 heterocycles. The Morgan fingerprint density at radius 2 is 1.90 bits per heavy atom. The highest BCUT2D eigenvalue weighted by molar-refractivity contribution is 6.00. The van der Waals surface area contributed by atoms with E-state index in [4.69, 9.17) is 14.2 Å². The lowest BCUT2D eigenvalue weighted by molar-refractivity contribution is -0.150. The number of carbonyl (C=O) groups is 2. The SMILES string of the molecule is CCOC(=O)C(C(C)=O)n1cnc2c(nnn2-c2ccc(OC)c(OC)c2)c1=O. The van der Waals surface area contributed by atoms with Crippen molar-refractivity contribution in [3.8, 4) is 17.2 Å². The molecule has 0 aliphatic rings. The average Bonchev–Trinajstić information content (AvgIpc) is 3.14. The van der Waals surface area contributed by atoms with E-state index in [1.165, 1.54) is 25.8 Å². The van der Waals surface area contributed by atoms with E-state index < -0.39 is 23.4 Å². The quantitative estimate of drug-likeness (QED) is 0.415. The van der Waals surface area contributed by atoms with E-state index in [0.717, 1.165) is 10.9 Å². The summed E-state index contributed by atoms with van der Waals surface area (Å²) in [6, 6.07) is 3.58. The number of hydrogen-bond donors (Lipinski definition) is 0. The molecular weight excluding hydrogens is 382 g/mol. The van der Waals surface area contributed by atoms with Gasteiger partial charge in [0.15, 0.2) is 34.5 Å². The minimum atomic E-state index is -1.44. The van der Waals surface area contributed by atoms with Crippen molar-refractivity contribution in [3.05, 3.63) is 34.9 Å². The molecule has 3 aromatic rings. The number of methoxy groups -OCH3 is 2. The highest BCUT2D eigenvalue weighted by Crippen LogP contribution is 2.29. The van der Waals surface area contributed by atoms with Crippen LogP contribution >= 0.6 is 0 Å². The van der Waals surface area contributed by atoms with E-state index in [-0.39, 0.29) is 17.8 Å². The molecule has 0 bridgehead atoms. The molecule has 29 heavy (non-hydrogen) atoms. The number of Topliss-reactive ketones (excluding diaryl/α,β-unsaturated/α-hetero) is 1. The zero-order valence-corrected chi connectivity index (χ0v) is 16.3. The van der Waals surface area contributed by atoms with Crippen molar-refractivity contribution < 1.29 is 23.8 Å². The third-order valence-corrected chi connectivity index (χ3v) is 4.17. The van der Waals surface area contributed by atoms with Gasteiger partial charge in [-0.15, -0.1) is 5.10 Å². The lowest BCUT2D eigenvalue weighted by atomic mass is 10.2. The first-order chi connectivity index (χ1) is 13.9. The van der Waals surface area contributed by atoms with Gasteiger partial charge in [0.2, 0.25) is 0 Å². The van der Waals surface area contributed by atoms with Crippen LogP contribution in [0.4, 0.5) is 0 Å². The van der Waals surface area contributed by atoms with E-state index in [0.29, 0.717) is 17.2 Å². The second-order valence-electron chi connectivity index (χ2n) is 5.93. The maximum absolute atomic E-state index is 12.9. The molecule has 0 amide bonds. The topological polar surface area (TPSA) is 127 Å². The van der Waals surface area contributed by atoms with Gasteiger partial charge in [0, 0.05) is 6.07 Å². The predicted octanol–water partition coefficient (Wildman–Crippen LogP) is 0.688. The summed E-state index contributed by atoms with van der Waals surface area (Å²) < 4.78 is 17.6. The number of fused-ring (bicyclic) bond motifs is 1. The molecule has 0 fully saturated rings. The Morgan fingerprint density at radius 1 is 1.17 bits per heavy atom. The third kappa shape index (κ3) is 3.53. The number of ether oxygens (including phenoxy) is 3. The molecule has 0 saturated carbocycles. The van der Waals surface area contributed by atoms with Gasteiger partial charge in [-0.05, 0) is 26.0 Å². The Bertz CT molecular complexity index is 1140. The van der Waals surface area contributed by atoms with Crippen molar-refractivity contribution in [2.45, 2.75) is 19.9 Å². The average molecular weight is 401 g/mol. The van der Waals surface area contributed by atoms with Gasteiger partial charge in [-0.25, -0.2) is 9.78 Å². The molecule has 0 radical (unpaired) electrons. The molecule has 11 nitrogen and oxygen atoms in total. The van der Waals surface area contributed by atoms with Gasteiger partial charge < -0.3 is 14.2 Å². The fraction of sp³-hybridized carbons (Fsp3) is 0.333. The summed E-state index contributed by atoms with van der Waals surface area (Å²) in [7, 11) is 3.01. The summed E-state index contributed by atoms with van der Waals surface area (Å²) >= 11 is 0. The zero-order chi connectivity index (χ0) is 21.1. The highest BCUT2D eigenvalue weighted by Gasteiger charge is 2.29. The fourth-order valence-corrected chi connectivity index (χ4v) is 2.83. The monoisotopic (exact) mass is 401 g/mol. The molecule has 3 rings (SSSR count). The van der Waals surface area contributed by atoms with Crippen LogP contribution in [0.1, 0.15) is 19.9 Å². The van der Waals surface area contributed by atoms with Crippen LogP contribution < -0.4 is 15.0 Å². The van der Waals surface area contributed by atoms with Crippen LogP contribution in [0.25, 0.3) is 16.9 Å². The van der Waals surface area contributed by atoms with Crippen LogP contribution in [0, 0.1) is 0 Å². The molecule has 152 valence electrons. The second-order valence-corrected chi connectivity index (χ2v) is 5.93. The summed E-state index contributed by atoms with van der Waals surface area (Å²) in [5.41, 5.74) is -0.0965. The molecule has 0 N–H and O–H groups in total. The fourth-order valence-electron chi connectivity index (χ4n) is 2.83. The summed E-state index contributed by atoms with van der Waals surface area (Å²) in [6.07, 6.45) is 1.11. The summed E-state index contributed by atoms with van der Waals surface area (Å²) in [4.78, 5) is 41.1. The summed E-state index contributed by atoms with van der Waals surface area (Å²) in [6.45, 7) is 2.87. The van der Waals surface area contributed by atoms with Gasteiger partial charge in [0.05, 0.1) is 26.5 Å². The van der Waals surface area contributed by atoms with Gasteiger partial charge in [-0.2, -0.15) is 4.68 Å². The largest absolute Gasteiger partial charge is 0.493 e. The maximum atomic E-state index is 12.9. The number of carbonyl (C=O) groups excluding carboxylic acids is 2. The van der Waals surface area contributed by atoms with Crippen molar-refractivity contribution in [1.82, 2.24) is 24.5 Å². The molecule has 1 aromatic carbocycles. The third-order valence-electron chi connectivity index (χ3n) is 4.17. The van der Waals surface area contributed by atoms with Crippen LogP contribution in [0.2, 0.25) is 0 Å². The van der Waals surface area contributed by atoms with Gasteiger partial charge in [-0.3, -0.25) is 14.2 Å². The van der Waals surface area contributed by atoms with Crippen LogP contribution in [0.3, 0.4) is 0 Å². The minimum Gasteiger partial charge on any atom is -0.493 e. The standard InChI is InChI=1S/C18H19N5O6/c1-5-29-18(26)15(10(2)24)22-9-19-16-14(17(22)25)20-21-23(16)11-6-7-12(27-3)13(8-11)28-4/h6-9,15H,5H2,1-4H3. The van der Waals surface area contributed by atoms with Crippen molar-refractivity contribution >= 4 is 22.9 Å². The van der Waals surface area contributed by atoms with Crippen LogP contribution in [0.5, 0.6) is 11.5 Å². The summed E-state index contributed by atoms with van der Waals surface area (Å²) in [5.74, 6) is -0.412. The number of rotatable bonds is 7. The second kappa shape index (κ2) is 8.09. The molecule has 1 atom stereocenters. The Kier molecular flexibility index (Phi) is 5.57. The first-order valence-corrected chi connectivity index (χ1v) is 8.65. The molecule has 0 saturated heterocycles. The Morgan fingerprint density at radius 3 is 2.52 bits per heavy atom.